The highest BCUT2D eigenvalue weighted by Crippen LogP contribution is 2.23. The van der Waals surface area contributed by atoms with E-state index < -0.39 is 0 Å². The van der Waals surface area contributed by atoms with E-state index in [1.165, 1.54) is 11.3 Å². The lowest BCUT2D eigenvalue weighted by atomic mass is 10.3. The van der Waals surface area contributed by atoms with Gasteiger partial charge in [0.2, 0.25) is 0 Å². The Morgan fingerprint density at radius 3 is 3.00 bits per heavy atom. The Balaban J connectivity index is 2.35. The van der Waals surface area contributed by atoms with E-state index in [1.807, 2.05) is 35.5 Å². The van der Waals surface area contributed by atoms with Gasteiger partial charge in [0.1, 0.15) is 0 Å². The molecule has 0 aliphatic carbocycles. The van der Waals surface area contributed by atoms with Gasteiger partial charge < -0.3 is 4.57 Å². The molecular formula is C8H10N4S. The summed E-state index contributed by atoms with van der Waals surface area (Å²) in [5.74, 6) is 5.24. The summed E-state index contributed by atoms with van der Waals surface area (Å²) in [6.45, 7) is 0. The molecule has 0 aromatic carbocycles. The summed E-state index contributed by atoms with van der Waals surface area (Å²) >= 11 is 1.50. The van der Waals surface area contributed by atoms with Crippen molar-refractivity contribution in [3.05, 3.63) is 23.8 Å². The Morgan fingerprint density at radius 1 is 1.62 bits per heavy atom. The molecule has 0 unspecified atom stereocenters. The Labute approximate surface area is 80.0 Å². The lowest BCUT2D eigenvalue weighted by molar-refractivity contribution is 0.928. The second kappa shape index (κ2) is 3.20. The van der Waals surface area contributed by atoms with Crippen molar-refractivity contribution in [2.45, 2.75) is 0 Å². The second-order valence-electron chi connectivity index (χ2n) is 2.75. The van der Waals surface area contributed by atoms with Crippen LogP contribution in [0.4, 0.5) is 5.13 Å². The van der Waals surface area contributed by atoms with E-state index in [-0.39, 0.29) is 0 Å². The van der Waals surface area contributed by atoms with E-state index in [2.05, 4.69) is 10.4 Å². The molecule has 0 aliphatic rings. The largest absolute Gasteiger partial charge is 0.357 e. The second-order valence-corrected chi connectivity index (χ2v) is 3.61. The van der Waals surface area contributed by atoms with E-state index in [1.54, 1.807) is 0 Å². The molecule has 2 aromatic rings. The third-order valence-corrected chi connectivity index (χ3v) is 2.53. The van der Waals surface area contributed by atoms with Gasteiger partial charge in [0.15, 0.2) is 5.13 Å². The van der Waals surface area contributed by atoms with Crippen LogP contribution in [0.15, 0.2) is 23.8 Å². The molecule has 2 rings (SSSR count). The Morgan fingerprint density at radius 2 is 2.46 bits per heavy atom. The zero-order chi connectivity index (χ0) is 9.26. The fraction of sp³-hybridized carbons (Fsp3) is 0.125. The van der Waals surface area contributed by atoms with Gasteiger partial charge in [-0.15, -0.1) is 11.3 Å². The van der Waals surface area contributed by atoms with Crippen LogP contribution >= 0.6 is 11.3 Å². The first-order valence-electron chi connectivity index (χ1n) is 3.84. The number of nitrogen functional groups attached to an aromatic ring is 1. The first-order chi connectivity index (χ1) is 6.29. The molecule has 0 radical (unpaired) electrons. The summed E-state index contributed by atoms with van der Waals surface area (Å²) < 4.78 is 1.99. The van der Waals surface area contributed by atoms with E-state index in [0.717, 1.165) is 16.4 Å². The minimum Gasteiger partial charge on any atom is -0.357 e. The standard InChI is InChI=1S/C8H10N4S/c1-12-3-2-6(4-12)7-5-13-8(10-7)11-9/h2-5H,9H2,1H3,(H,10,11). The van der Waals surface area contributed by atoms with Crippen LogP contribution in [0.25, 0.3) is 11.3 Å². The van der Waals surface area contributed by atoms with E-state index in [9.17, 15) is 0 Å². The molecule has 3 N–H and O–H groups in total. The molecule has 13 heavy (non-hydrogen) atoms. The molecule has 0 amide bonds. The number of thiazole rings is 1. The van der Waals surface area contributed by atoms with Crippen molar-refractivity contribution in [1.29, 1.82) is 0 Å². The fourth-order valence-electron chi connectivity index (χ4n) is 1.13. The summed E-state index contributed by atoms with van der Waals surface area (Å²) in [4.78, 5) is 4.28. The average molecular weight is 194 g/mol. The van der Waals surface area contributed by atoms with Crippen molar-refractivity contribution in [3.63, 3.8) is 0 Å². The van der Waals surface area contributed by atoms with Gasteiger partial charge in [-0.25, -0.2) is 10.8 Å². The molecule has 5 heteroatoms. The SMILES string of the molecule is Cn1ccc(-c2csc(NN)n2)c1. The third kappa shape index (κ3) is 1.56. The van der Waals surface area contributed by atoms with Crippen molar-refractivity contribution in [1.82, 2.24) is 9.55 Å². The summed E-state index contributed by atoms with van der Waals surface area (Å²) in [6.07, 6.45) is 4.01. The number of anilines is 1. The van der Waals surface area contributed by atoms with Crippen LogP contribution in [0.1, 0.15) is 0 Å². The highest BCUT2D eigenvalue weighted by Gasteiger charge is 2.03. The highest BCUT2D eigenvalue weighted by molar-refractivity contribution is 7.14. The number of aromatic nitrogens is 2. The van der Waals surface area contributed by atoms with Crippen LogP contribution in [-0.2, 0) is 7.05 Å². The van der Waals surface area contributed by atoms with E-state index in [0.29, 0.717) is 0 Å². The smallest absolute Gasteiger partial charge is 0.197 e. The van der Waals surface area contributed by atoms with E-state index in [4.69, 9.17) is 5.84 Å². The number of rotatable bonds is 2. The van der Waals surface area contributed by atoms with E-state index >= 15 is 0 Å². The minimum atomic E-state index is 0.735. The van der Waals surface area contributed by atoms with Crippen molar-refractivity contribution in [2.24, 2.45) is 12.9 Å². The Kier molecular flexibility index (Phi) is 2.03. The maximum absolute atomic E-state index is 5.24. The molecule has 0 saturated carbocycles. The highest BCUT2D eigenvalue weighted by atomic mass is 32.1. The molecule has 0 atom stereocenters. The number of hydrazine groups is 1. The number of nitrogens with one attached hydrogen (secondary N) is 1. The van der Waals surface area contributed by atoms with Crippen molar-refractivity contribution in [2.75, 3.05) is 5.43 Å². The van der Waals surface area contributed by atoms with Gasteiger partial charge in [-0.05, 0) is 6.07 Å². The van der Waals surface area contributed by atoms with Crippen LogP contribution in [0.3, 0.4) is 0 Å². The van der Waals surface area contributed by atoms with Gasteiger partial charge >= 0.3 is 0 Å². The topological polar surface area (TPSA) is 55.9 Å². The van der Waals surface area contributed by atoms with Gasteiger partial charge in [0, 0.05) is 30.4 Å². The first-order valence-corrected chi connectivity index (χ1v) is 4.72. The summed E-state index contributed by atoms with van der Waals surface area (Å²) in [6, 6.07) is 2.02. The number of hydrogen-bond acceptors (Lipinski definition) is 4. The molecule has 2 heterocycles. The van der Waals surface area contributed by atoms with Crippen molar-refractivity contribution in [3.8, 4) is 11.3 Å². The molecule has 0 bridgehead atoms. The van der Waals surface area contributed by atoms with Crippen LogP contribution < -0.4 is 11.3 Å². The van der Waals surface area contributed by atoms with Crippen molar-refractivity contribution >= 4 is 16.5 Å². The number of aryl methyl sites for hydroxylation is 1. The van der Waals surface area contributed by atoms with Gasteiger partial charge in [0.25, 0.3) is 0 Å². The summed E-state index contributed by atoms with van der Waals surface area (Å²) in [5.41, 5.74) is 4.59. The van der Waals surface area contributed by atoms with Crippen LogP contribution in [0.5, 0.6) is 0 Å². The lowest BCUT2D eigenvalue weighted by Gasteiger charge is -1.90. The maximum atomic E-state index is 5.24. The quantitative estimate of drug-likeness (QED) is 0.561. The minimum absolute atomic E-state index is 0.735. The van der Waals surface area contributed by atoms with Crippen LogP contribution in [0, 0.1) is 0 Å². The zero-order valence-corrected chi connectivity index (χ0v) is 8.01. The average Bonchev–Trinajstić information content (AvgIpc) is 2.71. The number of hydrogen-bond donors (Lipinski definition) is 2. The summed E-state index contributed by atoms with van der Waals surface area (Å²) in [7, 11) is 1.98. The molecule has 0 saturated heterocycles. The maximum Gasteiger partial charge on any atom is 0.197 e. The molecule has 4 nitrogen and oxygen atoms in total. The predicted molar refractivity (Wildman–Crippen MR) is 54.3 cm³/mol. The van der Waals surface area contributed by atoms with Gasteiger partial charge in [-0.3, -0.25) is 5.43 Å². The number of nitrogens with zero attached hydrogens (tertiary/aromatic N) is 2. The molecule has 2 aromatic heterocycles. The van der Waals surface area contributed by atoms with Crippen LogP contribution in [0.2, 0.25) is 0 Å². The normalized spacial score (nSPS) is 10.3. The molecule has 0 aliphatic heterocycles. The van der Waals surface area contributed by atoms with Crippen molar-refractivity contribution < 1.29 is 0 Å². The Bertz CT molecular complexity index is 404. The van der Waals surface area contributed by atoms with Gasteiger partial charge in [-0.2, -0.15) is 0 Å². The molecule has 68 valence electrons. The predicted octanol–water partition coefficient (Wildman–Crippen LogP) is 1.43. The number of nitrogens with two attached hydrogens (primary N) is 1. The van der Waals surface area contributed by atoms with Gasteiger partial charge in [0.05, 0.1) is 5.69 Å². The lowest BCUT2D eigenvalue weighted by Crippen LogP contribution is -2.05. The molecule has 0 spiro atoms. The fourth-order valence-corrected chi connectivity index (χ4v) is 1.76. The monoisotopic (exact) mass is 194 g/mol. The molecular weight excluding hydrogens is 184 g/mol. The Hall–Kier alpha value is -1.33. The van der Waals surface area contributed by atoms with Gasteiger partial charge in [-0.1, -0.05) is 0 Å². The molecule has 0 fully saturated rings. The first kappa shape index (κ1) is 8.28. The van der Waals surface area contributed by atoms with Crippen LogP contribution in [-0.4, -0.2) is 9.55 Å². The zero-order valence-electron chi connectivity index (χ0n) is 7.19. The third-order valence-electron chi connectivity index (χ3n) is 1.76. The summed E-state index contributed by atoms with van der Waals surface area (Å²) in [5, 5.41) is 2.71.